The molecular weight excluding hydrogens is 484 g/mol. The maximum absolute atomic E-state index is 13.4. The van der Waals surface area contributed by atoms with E-state index in [0.717, 1.165) is 16.7 Å². The average Bonchev–Trinajstić information content (AvgIpc) is 2.92. The van der Waals surface area contributed by atoms with Crippen molar-refractivity contribution in [3.63, 3.8) is 0 Å². The van der Waals surface area contributed by atoms with E-state index in [2.05, 4.69) is 16.0 Å². The van der Waals surface area contributed by atoms with Crippen LogP contribution < -0.4 is 21.7 Å². The maximum Gasteiger partial charge on any atom is 0.251 e. The second kappa shape index (κ2) is 14.3. The molecule has 6 N–H and O–H groups in total. The summed E-state index contributed by atoms with van der Waals surface area (Å²) in [5.41, 5.74) is 7.48. The largest absolute Gasteiger partial charge is 0.381 e. The van der Waals surface area contributed by atoms with Crippen molar-refractivity contribution in [2.75, 3.05) is 0 Å². The van der Waals surface area contributed by atoms with Crippen LogP contribution in [0.1, 0.15) is 16.7 Å². The Balaban J connectivity index is 1.77. The van der Waals surface area contributed by atoms with Crippen molar-refractivity contribution in [3.05, 3.63) is 114 Å². The first kappa shape index (κ1) is 28.1. The van der Waals surface area contributed by atoms with Gasteiger partial charge in [-0.1, -0.05) is 91.0 Å². The second-order valence-electron chi connectivity index (χ2n) is 8.75. The van der Waals surface area contributed by atoms with E-state index in [1.54, 1.807) is 24.3 Å². The van der Waals surface area contributed by atoms with E-state index in [1.165, 1.54) is 0 Å². The molecule has 3 aromatic rings. The van der Waals surface area contributed by atoms with Gasteiger partial charge in [0.05, 0.1) is 6.04 Å². The molecule has 4 amide bonds. The summed E-state index contributed by atoms with van der Waals surface area (Å²) in [7, 11) is 0. The zero-order valence-electron chi connectivity index (χ0n) is 20.7. The van der Waals surface area contributed by atoms with Gasteiger partial charge in [0, 0.05) is 13.0 Å². The van der Waals surface area contributed by atoms with Gasteiger partial charge in [-0.15, -0.1) is 0 Å². The molecule has 9 nitrogen and oxygen atoms in total. The number of primary amides is 1. The van der Waals surface area contributed by atoms with Gasteiger partial charge >= 0.3 is 0 Å². The fraction of sp³-hybridized carbons (Fsp3) is 0.207. The predicted octanol–water partition coefficient (Wildman–Crippen LogP) is 0.808. The number of hydrogen-bond acceptors (Lipinski definition) is 5. The molecule has 0 bridgehead atoms. The highest BCUT2D eigenvalue weighted by atomic mass is 16.3. The van der Waals surface area contributed by atoms with Gasteiger partial charge in [0.1, 0.15) is 12.5 Å². The summed E-state index contributed by atoms with van der Waals surface area (Å²) >= 11 is 0. The topological polar surface area (TPSA) is 151 Å². The van der Waals surface area contributed by atoms with Gasteiger partial charge in [-0.25, -0.2) is 0 Å². The molecule has 0 unspecified atom stereocenters. The molecule has 0 fully saturated rings. The van der Waals surface area contributed by atoms with E-state index in [1.807, 2.05) is 66.7 Å². The zero-order valence-corrected chi connectivity index (χ0v) is 20.7. The lowest BCUT2D eigenvalue weighted by Gasteiger charge is -2.27. The van der Waals surface area contributed by atoms with Gasteiger partial charge in [0.15, 0.2) is 6.10 Å². The Kier molecular flexibility index (Phi) is 10.6. The Morgan fingerprint density at radius 3 is 1.74 bits per heavy atom. The lowest BCUT2D eigenvalue weighted by molar-refractivity contribution is -0.134. The van der Waals surface area contributed by atoms with Gasteiger partial charge in [-0.2, -0.15) is 0 Å². The minimum Gasteiger partial charge on any atom is -0.381 e. The Morgan fingerprint density at radius 2 is 1.21 bits per heavy atom. The monoisotopic (exact) mass is 515 g/mol. The fourth-order valence-corrected chi connectivity index (χ4v) is 3.87. The summed E-state index contributed by atoms with van der Waals surface area (Å²) in [4.78, 5) is 49.6. The number of aliphatic hydroxyl groups excluding tert-OH is 1. The summed E-state index contributed by atoms with van der Waals surface area (Å²) in [6.07, 6.45) is -0.655. The number of amides is 4. The zero-order chi connectivity index (χ0) is 27.3. The summed E-state index contributed by atoms with van der Waals surface area (Å²) < 4.78 is 0. The molecule has 38 heavy (non-hydrogen) atoms. The van der Waals surface area contributed by atoms with Gasteiger partial charge in [-0.05, 0) is 23.1 Å². The van der Waals surface area contributed by atoms with E-state index in [4.69, 9.17) is 5.73 Å². The third-order valence-electron chi connectivity index (χ3n) is 5.77. The average molecular weight is 516 g/mol. The summed E-state index contributed by atoms with van der Waals surface area (Å²) in [5.74, 6) is -3.06. The number of aliphatic hydroxyl groups is 1. The Bertz CT molecular complexity index is 1210. The molecule has 0 aliphatic carbocycles. The van der Waals surface area contributed by atoms with Gasteiger partial charge in [0.25, 0.3) is 5.91 Å². The van der Waals surface area contributed by atoms with Crippen molar-refractivity contribution in [3.8, 4) is 0 Å². The maximum atomic E-state index is 13.4. The quantitative estimate of drug-likeness (QED) is 0.214. The van der Waals surface area contributed by atoms with Crippen molar-refractivity contribution in [2.45, 2.75) is 37.6 Å². The number of rotatable bonds is 13. The second-order valence-corrected chi connectivity index (χ2v) is 8.75. The normalized spacial score (nSPS) is 13.0. The first-order chi connectivity index (χ1) is 18.3. The summed E-state index contributed by atoms with van der Waals surface area (Å²) in [6, 6.07) is 25.2. The van der Waals surface area contributed by atoms with Crippen LogP contribution in [-0.4, -0.2) is 46.9 Å². The standard InChI is InChI=1S/C29H31N4O5/c30-25(34)18-26(35)32-24(17-21-12-6-2-7-13-21)28(37)33-23(16-20-10-4-1-5-11-20)27(36)29(38)31-19-22-14-8-3-9-15-22/h1-15,18,23-24,27,36H,16-17,19H2,(H2,30,34)(H,31,38)(H,32,35)(H,33,37)/t23-,24-,27-/m0/s1. The van der Waals surface area contributed by atoms with Crippen LogP contribution in [0, 0.1) is 6.42 Å². The van der Waals surface area contributed by atoms with Gasteiger partial charge in [0.2, 0.25) is 17.7 Å². The Labute approximate surface area is 221 Å². The lowest BCUT2D eigenvalue weighted by atomic mass is 9.99. The third-order valence-corrected chi connectivity index (χ3v) is 5.77. The van der Waals surface area contributed by atoms with Crippen LogP contribution in [0.2, 0.25) is 0 Å². The highest BCUT2D eigenvalue weighted by Crippen LogP contribution is 2.10. The van der Waals surface area contributed by atoms with Crippen molar-refractivity contribution in [1.29, 1.82) is 0 Å². The smallest absolute Gasteiger partial charge is 0.251 e. The molecule has 0 spiro atoms. The van der Waals surface area contributed by atoms with Crippen molar-refractivity contribution in [2.24, 2.45) is 5.73 Å². The molecule has 0 aliphatic heterocycles. The van der Waals surface area contributed by atoms with Crippen LogP contribution >= 0.6 is 0 Å². The lowest BCUT2D eigenvalue weighted by Crippen LogP contribution is -2.57. The Morgan fingerprint density at radius 1 is 0.711 bits per heavy atom. The molecule has 3 aromatic carbocycles. The highest BCUT2D eigenvalue weighted by molar-refractivity contribution is 6.08. The van der Waals surface area contributed by atoms with Crippen LogP contribution in [0.15, 0.2) is 91.0 Å². The fourth-order valence-electron chi connectivity index (χ4n) is 3.87. The predicted molar refractivity (Wildman–Crippen MR) is 142 cm³/mol. The van der Waals surface area contributed by atoms with Crippen molar-refractivity contribution >= 4 is 23.6 Å². The molecule has 197 valence electrons. The van der Waals surface area contributed by atoms with Crippen LogP contribution in [0.3, 0.4) is 0 Å². The molecule has 0 aliphatic rings. The number of hydrogen-bond donors (Lipinski definition) is 5. The summed E-state index contributed by atoms with van der Waals surface area (Å²) in [6.45, 7) is 0.207. The van der Waals surface area contributed by atoms with E-state index in [9.17, 15) is 24.3 Å². The SMILES string of the molecule is NC(=O)[CH]C(=O)N[C@@H](Cc1ccccc1)C(=O)N[C@@H](Cc1ccccc1)[C@H](O)C(=O)NCc1ccccc1. The van der Waals surface area contributed by atoms with Crippen LogP contribution in [0.4, 0.5) is 0 Å². The number of nitrogens with two attached hydrogens (primary N) is 1. The molecule has 3 atom stereocenters. The highest BCUT2D eigenvalue weighted by Gasteiger charge is 2.31. The molecule has 1 radical (unpaired) electrons. The summed E-state index contributed by atoms with van der Waals surface area (Å²) in [5, 5.41) is 18.9. The molecule has 0 saturated carbocycles. The molecular formula is C29H31N4O5. The van der Waals surface area contributed by atoms with E-state index >= 15 is 0 Å². The number of benzene rings is 3. The van der Waals surface area contributed by atoms with Gasteiger partial charge in [-0.3, -0.25) is 19.2 Å². The molecule has 9 heteroatoms. The van der Waals surface area contributed by atoms with E-state index < -0.39 is 41.8 Å². The molecule has 0 saturated heterocycles. The number of carbonyl (C=O) groups excluding carboxylic acids is 4. The first-order valence-corrected chi connectivity index (χ1v) is 12.1. The molecule has 3 rings (SSSR count). The van der Waals surface area contributed by atoms with Crippen LogP contribution in [0.25, 0.3) is 0 Å². The third kappa shape index (κ3) is 9.18. The first-order valence-electron chi connectivity index (χ1n) is 12.1. The number of nitrogens with one attached hydrogen (secondary N) is 3. The molecule has 0 aromatic heterocycles. The Hall–Kier alpha value is -4.50. The van der Waals surface area contributed by atoms with E-state index in [0.29, 0.717) is 6.42 Å². The number of carbonyl (C=O) groups is 4. The van der Waals surface area contributed by atoms with Gasteiger partial charge < -0.3 is 26.8 Å². The van der Waals surface area contributed by atoms with Crippen LogP contribution in [-0.2, 0) is 38.6 Å². The minimum atomic E-state index is -1.58. The van der Waals surface area contributed by atoms with E-state index in [-0.39, 0.29) is 19.4 Å². The van der Waals surface area contributed by atoms with Crippen molar-refractivity contribution < 1.29 is 24.3 Å². The van der Waals surface area contributed by atoms with Crippen LogP contribution in [0.5, 0.6) is 0 Å². The van der Waals surface area contributed by atoms with Crippen molar-refractivity contribution in [1.82, 2.24) is 16.0 Å². The minimum absolute atomic E-state index is 0.110. The molecule has 0 heterocycles.